The molecule has 0 aliphatic carbocycles. The number of sulfonamides is 1. The van der Waals surface area contributed by atoms with Crippen molar-refractivity contribution in [3.8, 4) is 0 Å². The van der Waals surface area contributed by atoms with E-state index in [4.69, 9.17) is 11.6 Å². The molecule has 4 aromatic carbocycles. The monoisotopic (exact) mass is 621 g/mol. The number of carbonyl (C=O) groups excluding carboxylic acids is 2. The molecule has 0 spiro atoms. The SMILES string of the molecule is CCNC(=O)[C@H](Cc1ccccc1)N(Cc1ccc(F)cc1)C(=O)CN(c1ccc(Cl)cc1C)S(=O)(=O)c1ccccc1. The molecular formula is C33H33ClFN3O4S. The van der Waals surface area contributed by atoms with Gasteiger partial charge in [-0.05, 0) is 73.0 Å². The van der Waals surface area contributed by atoms with E-state index >= 15 is 0 Å². The van der Waals surface area contributed by atoms with Gasteiger partial charge in [-0.1, -0.05) is 72.3 Å². The average Bonchev–Trinajstić information content (AvgIpc) is 3.00. The molecule has 7 nitrogen and oxygen atoms in total. The zero-order valence-corrected chi connectivity index (χ0v) is 25.5. The summed E-state index contributed by atoms with van der Waals surface area (Å²) in [4.78, 5) is 29.2. The lowest BCUT2D eigenvalue weighted by molar-refractivity contribution is -0.140. The average molecular weight is 622 g/mol. The maximum absolute atomic E-state index is 14.3. The van der Waals surface area contributed by atoms with Crippen LogP contribution in [0.1, 0.15) is 23.6 Å². The van der Waals surface area contributed by atoms with E-state index in [1.54, 1.807) is 50.2 Å². The summed E-state index contributed by atoms with van der Waals surface area (Å²) in [7, 11) is -4.22. The van der Waals surface area contributed by atoms with Crippen LogP contribution in [0.5, 0.6) is 0 Å². The van der Waals surface area contributed by atoms with Crippen LogP contribution in [0.3, 0.4) is 0 Å². The summed E-state index contributed by atoms with van der Waals surface area (Å²) in [5.41, 5.74) is 2.23. The molecule has 0 heterocycles. The molecule has 10 heteroatoms. The molecule has 1 atom stereocenters. The Hall–Kier alpha value is -4.21. The molecule has 224 valence electrons. The highest BCUT2D eigenvalue weighted by Gasteiger charge is 2.35. The third kappa shape index (κ3) is 8.00. The first kappa shape index (κ1) is 31.7. The van der Waals surface area contributed by atoms with Crippen LogP contribution in [0.25, 0.3) is 0 Å². The van der Waals surface area contributed by atoms with Crippen molar-refractivity contribution >= 4 is 39.1 Å². The molecule has 43 heavy (non-hydrogen) atoms. The summed E-state index contributed by atoms with van der Waals surface area (Å²) in [5, 5.41) is 3.23. The van der Waals surface area contributed by atoms with Crippen LogP contribution in [0.2, 0.25) is 5.02 Å². The molecule has 0 saturated heterocycles. The summed E-state index contributed by atoms with van der Waals surface area (Å²) in [6, 6.07) is 26.5. The Morgan fingerprint density at radius 3 is 2.12 bits per heavy atom. The van der Waals surface area contributed by atoms with Crippen LogP contribution in [0, 0.1) is 12.7 Å². The Morgan fingerprint density at radius 2 is 1.51 bits per heavy atom. The number of hydrogen-bond acceptors (Lipinski definition) is 4. The van der Waals surface area contributed by atoms with E-state index in [0.29, 0.717) is 22.7 Å². The van der Waals surface area contributed by atoms with Gasteiger partial charge in [0.15, 0.2) is 0 Å². The van der Waals surface area contributed by atoms with Crippen molar-refractivity contribution in [1.82, 2.24) is 10.2 Å². The van der Waals surface area contributed by atoms with Crippen molar-refractivity contribution in [1.29, 1.82) is 0 Å². The minimum atomic E-state index is -4.22. The lowest BCUT2D eigenvalue weighted by atomic mass is 10.0. The molecule has 0 fully saturated rings. The first-order valence-corrected chi connectivity index (χ1v) is 15.6. The van der Waals surface area contributed by atoms with Crippen molar-refractivity contribution in [2.45, 2.75) is 37.8 Å². The fraction of sp³-hybridized carbons (Fsp3) is 0.212. The van der Waals surface area contributed by atoms with Crippen LogP contribution in [0.4, 0.5) is 10.1 Å². The summed E-state index contributed by atoms with van der Waals surface area (Å²) in [6.45, 7) is 3.18. The van der Waals surface area contributed by atoms with Gasteiger partial charge in [0.2, 0.25) is 11.8 Å². The maximum Gasteiger partial charge on any atom is 0.264 e. The summed E-state index contributed by atoms with van der Waals surface area (Å²) < 4.78 is 42.8. The van der Waals surface area contributed by atoms with Crippen molar-refractivity contribution in [2.75, 3.05) is 17.4 Å². The van der Waals surface area contributed by atoms with Gasteiger partial charge >= 0.3 is 0 Å². The number of anilines is 1. The molecular weight excluding hydrogens is 589 g/mol. The molecule has 0 radical (unpaired) electrons. The summed E-state index contributed by atoms with van der Waals surface area (Å²) in [6.07, 6.45) is 0.186. The minimum Gasteiger partial charge on any atom is -0.355 e. The number of halogens is 2. The Labute approximate surface area is 257 Å². The molecule has 0 aliphatic rings. The number of aryl methyl sites for hydroxylation is 1. The van der Waals surface area contributed by atoms with Gasteiger partial charge in [-0.15, -0.1) is 0 Å². The number of hydrogen-bond donors (Lipinski definition) is 1. The molecule has 2 amide bonds. The molecule has 0 aromatic heterocycles. The van der Waals surface area contributed by atoms with E-state index in [2.05, 4.69) is 5.32 Å². The number of nitrogens with zero attached hydrogens (tertiary/aromatic N) is 2. The highest BCUT2D eigenvalue weighted by molar-refractivity contribution is 7.92. The van der Waals surface area contributed by atoms with Gasteiger partial charge in [0.25, 0.3) is 10.0 Å². The van der Waals surface area contributed by atoms with E-state index in [1.807, 2.05) is 30.3 Å². The lowest BCUT2D eigenvalue weighted by Gasteiger charge is -2.34. The predicted molar refractivity (Wildman–Crippen MR) is 167 cm³/mol. The van der Waals surface area contributed by atoms with E-state index < -0.39 is 34.3 Å². The molecule has 0 bridgehead atoms. The smallest absolute Gasteiger partial charge is 0.264 e. The third-order valence-electron chi connectivity index (χ3n) is 6.93. The van der Waals surface area contributed by atoms with Gasteiger partial charge in [0, 0.05) is 24.5 Å². The topological polar surface area (TPSA) is 86.8 Å². The van der Waals surface area contributed by atoms with Crippen molar-refractivity contribution in [3.05, 3.63) is 131 Å². The van der Waals surface area contributed by atoms with E-state index in [1.165, 1.54) is 41.3 Å². The zero-order chi connectivity index (χ0) is 31.0. The number of likely N-dealkylation sites (N-methyl/N-ethyl adjacent to an activating group) is 1. The molecule has 0 aliphatic heterocycles. The summed E-state index contributed by atoms with van der Waals surface area (Å²) >= 11 is 6.18. The second kappa shape index (κ2) is 14.3. The van der Waals surface area contributed by atoms with Crippen LogP contribution in [-0.2, 0) is 32.6 Å². The van der Waals surface area contributed by atoms with Crippen LogP contribution in [0.15, 0.2) is 108 Å². The number of carbonyl (C=O) groups is 2. The number of rotatable bonds is 12. The normalized spacial score (nSPS) is 11.9. The summed E-state index contributed by atoms with van der Waals surface area (Å²) in [5.74, 6) is -1.43. The van der Waals surface area contributed by atoms with Gasteiger partial charge in [-0.2, -0.15) is 0 Å². The molecule has 4 rings (SSSR count). The van der Waals surface area contributed by atoms with Gasteiger partial charge in [-0.25, -0.2) is 12.8 Å². The number of amides is 2. The van der Waals surface area contributed by atoms with E-state index in [0.717, 1.165) is 9.87 Å². The number of nitrogens with one attached hydrogen (secondary N) is 1. The Morgan fingerprint density at radius 1 is 0.884 bits per heavy atom. The van der Waals surface area contributed by atoms with Crippen LogP contribution < -0.4 is 9.62 Å². The predicted octanol–water partition coefficient (Wildman–Crippen LogP) is 5.76. The van der Waals surface area contributed by atoms with Crippen molar-refractivity contribution < 1.29 is 22.4 Å². The highest BCUT2D eigenvalue weighted by Crippen LogP contribution is 2.29. The van der Waals surface area contributed by atoms with Gasteiger partial charge < -0.3 is 10.2 Å². The Bertz CT molecular complexity index is 1650. The van der Waals surface area contributed by atoms with Crippen LogP contribution >= 0.6 is 11.6 Å². The quantitative estimate of drug-likeness (QED) is 0.218. The van der Waals surface area contributed by atoms with E-state index in [-0.39, 0.29) is 29.5 Å². The van der Waals surface area contributed by atoms with Crippen molar-refractivity contribution in [2.24, 2.45) is 0 Å². The fourth-order valence-electron chi connectivity index (χ4n) is 4.76. The molecule has 0 saturated carbocycles. The lowest BCUT2D eigenvalue weighted by Crippen LogP contribution is -2.53. The third-order valence-corrected chi connectivity index (χ3v) is 8.93. The van der Waals surface area contributed by atoms with Crippen LogP contribution in [-0.4, -0.2) is 44.3 Å². The molecule has 0 unspecified atom stereocenters. The zero-order valence-electron chi connectivity index (χ0n) is 23.9. The first-order chi connectivity index (χ1) is 20.6. The molecule has 1 N–H and O–H groups in total. The van der Waals surface area contributed by atoms with E-state index in [9.17, 15) is 22.4 Å². The first-order valence-electron chi connectivity index (χ1n) is 13.8. The number of benzene rings is 4. The Kier molecular flexibility index (Phi) is 10.6. The molecule has 4 aromatic rings. The van der Waals surface area contributed by atoms with Gasteiger partial charge in [-0.3, -0.25) is 13.9 Å². The largest absolute Gasteiger partial charge is 0.355 e. The highest BCUT2D eigenvalue weighted by atomic mass is 35.5. The second-order valence-electron chi connectivity index (χ2n) is 10.0. The maximum atomic E-state index is 14.3. The standard InChI is InChI=1S/C33H33ClFN3O4S/c1-3-36-33(40)31(21-25-10-6-4-7-11-25)37(22-26-14-17-28(35)18-15-26)32(39)23-38(30-19-16-27(34)20-24(30)2)43(41,42)29-12-8-5-9-13-29/h4-20,31H,3,21-23H2,1-2H3,(H,36,40)/t31-/m0/s1. The fourth-order valence-corrected chi connectivity index (χ4v) is 6.49. The minimum absolute atomic E-state index is 0.00629. The second-order valence-corrected chi connectivity index (χ2v) is 12.3. The van der Waals surface area contributed by atoms with Gasteiger partial charge in [0.1, 0.15) is 18.4 Å². The van der Waals surface area contributed by atoms with Crippen molar-refractivity contribution in [3.63, 3.8) is 0 Å². The van der Waals surface area contributed by atoms with Gasteiger partial charge in [0.05, 0.1) is 10.6 Å². The Balaban J connectivity index is 1.81.